The Bertz CT molecular complexity index is 507. The maximum Gasteiger partial charge on any atom is 0.307 e. The van der Waals surface area contributed by atoms with Gasteiger partial charge in [-0.05, 0) is 6.92 Å². The number of aromatic nitrogens is 4. The molecule has 2 aromatic rings. The summed E-state index contributed by atoms with van der Waals surface area (Å²) < 4.78 is 1.34. The fraction of sp³-hybridized carbons (Fsp3) is 0.125. The van der Waals surface area contributed by atoms with Crippen molar-refractivity contribution in [2.24, 2.45) is 0 Å². The van der Waals surface area contributed by atoms with Gasteiger partial charge in [0.1, 0.15) is 18.2 Å². The topological polar surface area (TPSA) is 86.7 Å². The van der Waals surface area contributed by atoms with Gasteiger partial charge < -0.3 is 0 Å². The van der Waals surface area contributed by atoms with Gasteiger partial charge in [-0.3, -0.25) is 10.1 Å². The van der Waals surface area contributed by atoms with Crippen molar-refractivity contribution in [2.75, 3.05) is 0 Å². The van der Waals surface area contributed by atoms with Crippen LogP contribution in [0.5, 0.6) is 0 Å². The molecule has 7 nitrogen and oxygen atoms in total. The normalized spacial score (nSPS) is 10.2. The van der Waals surface area contributed by atoms with Crippen molar-refractivity contribution in [3.8, 4) is 5.82 Å². The Morgan fingerprint density at radius 2 is 2.33 bits per heavy atom. The fourth-order valence-corrected chi connectivity index (χ4v) is 1.10. The van der Waals surface area contributed by atoms with E-state index in [1.54, 1.807) is 19.2 Å². The van der Waals surface area contributed by atoms with E-state index in [1.165, 1.54) is 17.1 Å². The molecule has 2 rings (SSSR count). The van der Waals surface area contributed by atoms with Crippen LogP contribution in [0.3, 0.4) is 0 Å². The zero-order valence-corrected chi connectivity index (χ0v) is 7.86. The van der Waals surface area contributed by atoms with Crippen LogP contribution in [0.2, 0.25) is 0 Å². The number of nitrogens with zero attached hydrogens (tertiary/aromatic N) is 5. The molecular weight excluding hydrogens is 198 g/mol. The lowest BCUT2D eigenvalue weighted by Gasteiger charge is -1.98. The Kier molecular flexibility index (Phi) is 2.13. The quantitative estimate of drug-likeness (QED) is 0.536. The highest BCUT2D eigenvalue weighted by molar-refractivity contribution is 5.28. The van der Waals surface area contributed by atoms with E-state index in [0.717, 1.165) is 0 Å². The molecule has 0 N–H and O–H groups in total. The van der Waals surface area contributed by atoms with Crippen LogP contribution in [0.15, 0.2) is 24.7 Å². The Labute approximate surface area is 84.6 Å². The fourth-order valence-electron chi connectivity index (χ4n) is 1.10. The Balaban J connectivity index is 2.41. The van der Waals surface area contributed by atoms with E-state index in [-0.39, 0.29) is 5.69 Å². The minimum atomic E-state index is -0.502. The summed E-state index contributed by atoms with van der Waals surface area (Å²) in [6, 6.07) is 1.63. The molecule has 7 heteroatoms. The minimum Gasteiger partial charge on any atom is -0.258 e. The molecule has 0 amide bonds. The van der Waals surface area contributed by atoms with Gasteiger partial charge in [0.25, 0.3) is 0 Å². The van der Waals surface area contributed by atoms with E-state index in [1.807, 2.05) is 0 Å². The van der Waals surface area contributed by atoms with Gasteiger partial charge in [0, 0.05) is 12.3 Å². The molecule has 0 atom stereocenters. The molecular formula is C8H7N5O2. The zero-order valence-electron chi connectivity index (χ0n) is 7.86. The first-order chi connectivity index (χ1) is 7.16. The highest BCUT2D eigenvalue weighted by Crippen LogP contribution is 2.11. The average Bonchev–Trinajstić information content (AvgIpc) is 2.66. The van der Waals surface area contributed by atoms with E-state index in [0.29, 0.717) is 11.6 Å². The maximum atomic E-state index is 10.4. The van der Waals surface area contributed by atoms with E-state index in [9.17, 15) is 10.1 Å². The molecule has 0 saturated carbocycles. The molecule has 0 aliphatic carbocycles. The van der Waals surface area contributed by atoms with Crippen LogP contribution in [0.4, 0.5) is 5.69 Å². The third-order valence-corrected chi connectivity index (χ3v) is 1.78. The summed E-state index contributed by atoms with van der Waals surface area (Å²) in [5, 5.41) is 14.3. The van der Waals surface area contributed by atoms with Crippen molar-refractivity contribution in [1.29, 1.82) is 0 Å². The van der Waals surface area contributed by atoms with Gasteiger partial charge in [0.2, 0.25) is 0 Å². The summed E-state index contributed by atoms with van der Waals surface area (Å²) in [7, 11) is 0. The van der Waals surface area contributed by atoms with Gasteiger partial charge in [-0.2, -0.15) is 5.10 Å². The largest absolute Gasteiger partial charge is 0.307 e. The van der Waals surface area contributed by atoms with Gasteiger partial charge in [-0.15, -0.1) is 0 Å². The van der Waals surface area contributed by atoms with Crippen LogP contribution < -0.4 is 0 Å². The van der Waals surface area contributed by atoms with Crippen LogP contribution in [0.1, 0.15) is 5.82 Å². The smallest absolute Gasteiger partial charge is 0.258 e. The van der Waals surface area contributed by atoms with Crippen LogP contribution in [-0.2, 0) is 0 Å². The average molecular weight is 205 g/mol. The standard InChI is InChI=1S/C8H7N5O2/c1-6-9-3-2-8(11-6)12-5-7(4-10-12)13(14)15/h2-5H,1H3. The molecule has 2 aromatic heterocycles. The van der Waals surface area contributed by atoms with Crippen molar-refractivity contribution in [2.45, 2.75) is 6.92 Å². The second-order valence-electron chi connectivity index (χ2n) is 2.86. The highest BCUT2D eigenvalue weighted by Gasteiger charge is 2.10. The van der Waals surface area contributed by atoms with Gasteiger partial charge >= 0.3 is 5.69 Å². The lowest BCUT2D eigenvalue weighted by molar-refractivity contribution is -0.384. The monoisotopic (exact) mass is 205 g/mol. The third-order valence-electron chi connectivity index (χ3n) is 1.78. The Morgan fingerprint density at radius 3 is 2.93 bits per heavy atom. The van der Waals surface area contributed by atoms with E-state index >= 15 is 0 Å². The van der Waals surface area contributed by atoms with Gasteiger partial charge in [-0.25, -0.2) is 14.6 Å². The van der Waals surface area contributed by atoms with Crippen molar-refractivity contribution in [1.82, 2.24) is 19.7 Å². The first-order valence-corrected chi connectivity index (χ1v) is 4.16. The highest BCUT2D eigenvalue weighted by atomic mass is 16.6. The molecule has 2 heterocycles. The lowest BCUT2D eigenvalue weighted by atomic mass is 10.5. The van der Waals surface area contributed by atoms with Crippen molar-refractivity contribution in [3.05, 3.63) is 40.6 Å². The molecule has 0 aliphatic rings. The predicted octanol–water partition coefficient (Wildman–Crippen LogP) is 0.879. The summed E-state index contributed by atoms with van der Waals surface area (Å²) in [5.41, 5.74) is -0.0636. The first kappa shape index (κ1) is 9.25. The van der Waals surface area contributed by atoms with E-state index in [2.05, 4.69) is 15.1 Å². The molecule has 76 valence electrons. The summed E-state index contributed by atoms with van der Waals surface area (Å²) in [6.45, 7) is 1.74. The third kappa shape index (κ3) is 1.80. The van der Waals surface area contributed by atoms with Gasteiger partial charge in [0.05, 0.1) is 4.92 Å². The summed E-state index contributed by atoms with van der Waals surface area (Å²) >= 11 is 0. The van der Waals surface area contributed by atoms with Crippen LogP contribution in [-0.4, -0.2) is 24.7 Å². The van der Waals surface area contributed by atoms with Gasteiger partial charge in [0.15, 0.2) is 5.82 Å². The van der Waals surface area contributed by atoms with Crippen molar-refractivity contribution >= 4 is 5.69 Å². The summed E-state index contributed by atoms with van der Waals surface area (Å²) in [6.07, 6.45) is 4.06. The second-order valence-corrected chi connectivity index (χ2v) is 2.86. The molecule has 15 heavy (non-hydrogen) atoms. The predicted molar refractivity (Wildman–Crippen MR) is 50.5 cm³/mol. The number of hydrogen-bond acceptors (Lipinski definition) is 5. The molecule has 0 spiro atoms. The second kappa shape index (κ2) is 3.45. The number of aryl methyl sites for hydroxylation is 1. The maximum absolute atomic E-state index is 10.4. The summed E-state index contributed by atoms with van der Waals surface area (Å²) in [4.78, 5) is 17.9. The number of rotatable bonds is 2. The van der Waals surface area contributed by atoms with Crippen LogP contribution in [0, 0.1) is 17.0 Å². The first-order valence-electron chi connectivity index (χ1n) is 4.16. The minimum absolute atomic E-state index is 0.0636. The molecule has 0 radical (unpaired) electrons. The van der Waals surface area contributed by atoms with Crippen molar-refractivity contribution < 1.29 is 4.92 Å². The number of hydrogen-bond donors (Lipinski definition) is 0. The molecule has 0 saturated heterocycles. The van der Waals surface area contributed by atoms with E-state index in [4.69, 9.17) is 0 Å². The van der Waals surface area contributed by atoms with Crippen LogP contribution in [0.25, 0.3) is 5.82 Å². The van der Waals surface area contributed by atoms with Gasteiger partial charge in [-0.1, -0.05) is 0 Å². The number of nitro groups is 1. The Morgan fingerprint density at radius 1 is 1.53 bits per heavy atom. The molecule has 0 unspecified atom stereocenters. The summed E-state index contributed by atoms with van der Waals surface area (Å²) in [5.74, 6) is 1.10. The van der Waals surface area contributed by atoms with Crippen molar-refractivity contribution in [3.63, 3.8) is 0 Å². The molecule has 0 aromatic carbocycles. The SMILES string of the molecule is Cc1nccc(-n2cc([N+](=O)[O-])cn2)n1. The van der Waals surface area contributed by atoms with E-state index < -0.39 is 4.92 Å². The molecule has 0 aliphatic heterocycles. The zero-order chi connectivity index (χ0) is 10.8. The lowest BCUT2D eigenvalue weighted by Crippen LogP contribution is -1.99. The Hall–Kier alpha value is -2.31. The van der Waals surface area contributed by atoms with Crippen LogP contribution >= 0.6 is 0 Å². The molecule has 0 fully saturated rings. The molecule has 0 bridgehead atoms.